The second-order valence-corrected chi connectivity index (χ2v) is 6.94. The molecule has 0 radical (unpaired) electrons. The van der Waals surface area contributed by atoms with Crippen LogP contribution in [0.25, 0.3) is 5.69 Å². The molecule has 0 unspecified atom stereocenters. The van der Waals surface area contributed by atoms with E-state index >= 15 is 0 Å². The molecular weight excluding hydrogens is 384 g/mol. The maximum atomic E-state index is 13.4. The smallest absolute Gasteiger partial charge is 0.237 e. The fourth-order valence-electron chi connectivity index (χ4n) is 2.06. The Labute approximate surface area is 156 Å². The monoisotopic (exact) mass is 395 g/mol. The van der Waals surface area contributed by atoms with Gasteiger partial charge in [0.2, 0.25) is 11.1 Å². The lowest BCUT2D eigenvalue weighted by molar-refractivity contribution is -0.115. The summed E-state index contributed by atoms with van der Waals surface area (Å²) in [6.45, 7) is 1.65. The van der Waals surface area contributed by atoms with Gasteiger partial charge >= 0.3 is 0 Å². The van der Waals surface area contributed by atoms with Crippen molar-refractivity contribution in [1.29, 1.82) is 0 Å². The van der Waals surface area contributed by atoms with Crippen LogP contribution < -0.4 is 5.32 Å². The number of amides is 1. The van der Waals surface area contributed by atoms with Crippen molar-refractivity contribution in [3.8, 4) is 5.69 Å². The Hall–Kier alpha value is -2.52. The summed E-state index contributed by atoms with van der Waals surface area (Å²) in [6.07, 6.45) is 0. The average Bonchev–Trinajstić information content (AvgIpc) is 3.05. The maximum absolute atomic E-state index is 13.4. The lowest BCUT2D eigenvalue weighted by Gasteiger charge is -2.12. The van der Waals surface area contributed by atoms with Crippen molar-refractivity contribution in [2.24, 2.45) is 0 Å². The first-order valence-electron chi connectivity index (χ1n) is 7.41. The van der Waals surface area contributed by atoms with Gasteiger partial charge in [-0.05, 0) is 53.7 Å². The lowest BCUT2D eigenvalue weighted by atomic mass is 10.3. The molecule has 0 aliphatic rings. The third-order valence-corrected chi connectivity index (χ3v) is 4.68. The van der Waals surface area contributed by atoms with Crippen LogP contribution in [0.1, 0.15) is 6.92 Å². The van der Waals surface area contributed by atoms with E-state index < -0.39 is 16.9 Å². The van der Waals surface area contributed by atoms with Gasteiger partial charge < -0.3 is 5.32 Å². The molecule has 0 bridgehead atoms. The Kier molecular flexibility index (Phi) is 5.48. The number of halogens is 3. The standard InChI is InChI=1S/C16H12ClF2N5OS/c1-9(15(25)20-14-6-5-11(19)8-13(14)17)26-16-21-22-23-24(16)12-4-2-3-10(18)7-12/h2-9H,1H3,(H,20,25)/t9-/m0/s1. The van der Waals surface area contributed by atoms with Gasteiger partial charge in [-0.2, -0.15) is 4.68 Å². The Morgan fingerprint density at radius 2 is 2.00 bits per heavy atom. The van der Waals surface area contributed by atoms with Crippen molar-refractivity contribution in [2.75, 3.05) is 5.32 Å². The van der Waals surface area contributed by atoms with Gasteiger partial charge in [0.05, 0.1) is 21.6 Å². The van der Waals surface area contributed by atoms with Gasteiger partial charge in [-0.25, -0.2) is 8.78 Å². The van der Waals surface area contributed by atoms with Crippen molar-refractivity contribution in [3.05, 3.63) is 59.1 Å². The number of aromatic nitrogens is 4. The SMILES string of the molecule is C[C@H](Sc1nnnn1-c1cccc(F)c1)C(=O)Nc1ccc(F)cc1Cl. The van der Waals surface area contributed by atoms with Crippen LogP contribution in [0.15, 0.2) is 47.6 Å². The van der Waals surface area contributed by atoms with Crippen LogP contribution in [0.2, 0.25) is 5.02 Å². The molecule has 0 aliphatic carbocycles. The van der Waals surface area contributed by atoms with Gasteiger partial charge in [0.25, 0.3) is 0 Å². The van der Waals surface area contributed by atoms with E-state index in [-0.39, 0.29) is 10.9 Å². The molecule has 2 aromatic carbocycles. The van der Waals surface area contributed by atoms with Gasteiger partial charge in [0, 0.05) is 0 Å². The predicted molar refractivity (Wildman–Crippen MR) is 94.5 cm³/mol. The Bertz CT molecular complexity index is 952. The van der Waals surface area contributed by atoms with E-state index in [0.717, 1.165) is 17.8 Å². The summed E-state index contributed by atoms with van der Waals surface area (Å²) < 4.78 is 27.8. The van der Waals surface area contributed by atoms with Gasteiger partial charge in [0.15, 0.2) is 0 Å². The summed E-state index contributed by atoms with van der Waals surface area (Å²) in [5, 5.41) is 13.7. The Morgan fingerprint density at radius 1 is 1.23 bits per heavy atom. The fourth-order valence-corrected chi connectivity index (χ4v) is 3.08. The van der Waals surface area contributed by atoms with Crippen molar-refractivity contribution in [1.82, 2.24) is 20.2 Å². The molecule has 0 aliphatic heterocycles. The Balaban J connectivity index is 1.73. The largest absolute Gasteiger partial charge is 0.324 e. The zero-order chi connectivity index (χ0) is 18.7. The molecule has 0 saturated heterocycles. The van der Waals surface area contributed by atoms with Crippen LogP contribution in [0.4, 0.5) is 14.5 Å². The maximum Gasteiger partial charge on any atom is 0.237 e. The number of benzene rings is 2. The molecule has 1 heterocycles. The molecule has 1 amide bonds. The normalized spacial score (nSPS) is 12.0. The molecule has 26 heavy (non-hydrogen) atoms. The predicted octanol–water partition coefficient (Wildman–Crippen LogP) is 3.71. The van der Waals surface area contributed by atoms with Crippen molar-refractivity contribution in [2.45, 2.75) is 17.3 Å². The minimum absolute atomic E-state index is 0.0974. The van der Waals surface area contributed by atoms with E-state index in [1.54, 1.807) is 13.0 Å². The number of nitrogens with one attached hydrogen (secondary N) is 1. The molecule has 134 valence electrons. The summed E-state index contributed by atoms with van der Waals surface area (Å²) in [5.41, 5.74) is 0.738. The van der Waals surface area contributed by atoms with E-state index in [9.17, 15) is 13.6 Å². The van der Waals surface area contributed by atoms with Crippen LogP contribution >= 0.6 is 23.4 Å². The first-order chi connectivity index (χ1) is 12.4. The number of tetrazole rings is 1. The summed E-state index contributed by atoms with van der Waals surface area (Å²) in [7, 11) is 0. The number of nitrogens with zero attached hydrogens (tertiary/aromatic N) is 4. The van der Waals surface area contributed by atoms with Crippen molar-refractivity contribution >= 4 is 35.0 Å². The number of rotatable bonds is 5. The number of hydrogen-bond donors (Lipinski definition) is 1. The lowest BCUT2D eigenvalue weighted by Crippen LogP contribution is -2.23. The summed E-state index contributed by atoms with van der Waals surface area (Å²) in [6, 6.07) is 9.46. The molecule has 6 nitrogen and oxygen atoms in total. The molecule has 0 spiro atoms. The highest BCUT2D eigenvalue weighted by Crippen LogP contribution is 2.26. The highest BCUT2D eigenvalue weighted by molar-refractivity contribution is 8.00. The van der Waals surface area contributed by atoms with Gasteiger partial charge in [-0.15, -0.1) is 5.10 Å². The average molecular weight is 396 g/mol. The number of thioether (sulfide) groups is 1. The minimum atomic E-state index is -0.588. The van der Waals surface area contributed by atoms with Crippen LogP contribution in [0.5, 0.6) is 0 Å². The van der Waals surface area contributed by atoms with E-state index in [0.29, 0.717) is 16.5 Å². The molecule has 0 fully saturated rings. The highest BCUT2D eigenvalue weighted by Gasteiger charge is 2.20. The molecule has 1 atom stereocenters. The summed E-state index contributed by atoms with van der Waals surface area (Å²) in [5.74, 6) is -1.28. The van der Waals surface area contributed by atoms with Gasteiger partial charge in [-0.3, -0.25) is 4.79 Å². The highest BCUT2D eigenvalue weighted by atomic mass is 35.5. The summed E-state index contributed by atoms with van der Waals surface area (Å²) >= 11 is 7.00. The second-order valence-electron chi connectivity index (χ2n) is 5.23. The molecule has 1 N–H and O–H groups in total. The molecule has 3 aromatic rings. The van der Waals surface area contributed by atoms with Crippen molar-refractivity contribution in [3.63, 3.8) is 0 Å². The molecule has 1 aromatic heterocycles. The van der Waals surface area contributed by atoms with E-state index in [1.807, 2.05) is 0 Å². The first kappa shape index (κ1) is 18.3. The number of hydrogen-bond acceptors (Lipinski definition) is 5. The molecular formula is C16H12ClF2N5OS. The quantitative estimate of drug-likeness (QED) is 0.667. The second kappa shape index (κ2) is 7.79. The number of anilines is 1. The van der Waals surface area contributed by atoms with Crippen LogP contribution in [0, 0.1) is 11.6 Å². The third kappa shape index (κ3) is 4.17. The van der Waals surface area contributed by atoms with E-state index in [1.165, 1.54) is 35.0 Å². The topological polar surface area (TPSA) is 72.7 Å². The minimum Gasteiger partial charge on any atom is -0.324 e. The van der Waals surface area contributed by atoms with Gasteiger partial charge in [0.1, 0.15) is 11.6 Å². The van der Waals surface area contributed by atoms with Crippen molar-refractivity contribution < 1.29 is 13.6 Å². The Morgan fingerprint density at radius 3 is 2.73 bits per heavy atom. The zero-order valence-corrected chi connectivity index (χ0v) is 14.9. The van der Waals surface area contributed by atoms with Crippen LogP contribution in [0.3, 0.4) is 0 Å². The fraction of sp³-hybridized carbons (Fsp3) is 0.125. The van der Waals surface area contributed by atoms with Crippen LogP contribution in [-0.4, -0.2) is 31.4 Å². The summed E-state index contributed by atoms with van der Waals surface area (Å²) in [4.78, 5) is 12.4. The first-order valence-corrected chi connectivity index (χ1v) is 8.66. The molecule has 10 heteroatoms. The third-order valence-electron chi connectivity index (χ3n) is 3.33. The van der Waals surface area contributed by atoms with Crippen LogP contribution in [-0.2, 0) is 4.79 Å². The molecule has 0 saturated carbocycles. The van der Waals surface area contributed by atoms with Gasteiger partial charge in [-0.1, -0.05) is 29.4 Å². The van der Waals surface area contributed by atoms with E-state index in [4.69, 9.17) is 11.6 Å². The molecule has 3 rings (SSSR count). The number of carbonyl (C=O) groups is 1. The zero-order valence-electron chi connectivity index (χ0n) is 13.4. The van der Waals surface area contributed by atoms with E-state index in [2.05, 4.69) is 20.8 Å². The number of carbonyl (C=O) groups excluding carboxylic acids is 1.